The molecule has 0 spiro atoms. The van der Waals surface area contributed by atoms with Crippen molar-refractivity contribution in [2.24, 2.45) is 5.92 Å². The minimum atomic E-state index is -1.14. The molecule has 0 unspecified atom stereocenters. The first-order valence-electron chi connectivity index (χ1n) is 7.73. The Morgan fingerprint density at radius 1 is 1.05 bits per heavy atom. The largest absolute Gasteiger partial charge is 0.302 e. The minimum absolute atomic E-state index is 0.950. The lowest BCUT2D eigenvalue weighted by Gasteiger charge is -2.22. The maximum absolute atomic E-state index is 2.50. The Morgan fingerprint density at radius 3 is 2.16 bits per heavy atom. The summed E-state index contributed by atoms with van der Waals surface area (Å²) in [7, 11) is 1.13. The molecule has 1 fully saturated rings. The van der Waals surface area contributed by atoms with Crippen LogP contribution in [0.2, 0.25) is 19.6 Å². The van der Waals surface area contributed by atoms with E-state index in [1.54, 1.807) is 5.19 Å². The van der Waals surface area contributed by atoms with E-state index >= 15 is 0 Å². The van der Waals surface area contributed by atoms with Gasteiger partial charge in [-0.05, 0) is 31.4 Å². The van der Waals surface area contributed by atoms with Gasteiger partial charge in [-0.15, -0.1) is 0 Å². The van der Waals surface area contributed by atoms with E-state index in [1.165, 1.54) is 37.8 Å². The van der Waals surface area contributed by atoms with Crippen molar-refractivity contribution < 1.29 is 0 Å². The summed E-state index contributed by atoms with van der Waals surface area (Å²) in [6.07, 6.45) is 5.78. The van der Waals surface area contributed by atoms with Crippen molar-refractivity contribution in [3.05, 3.63) is 29.8 Å². The molecule has 0 saturated heterocycles. The van der Waals surface area contributed by atoms with Crippen molar-refractivity contribution in [3.63, 3.8) is 0 Å². The number of hydrogen-bond acceptors (Lipinski definition) is 1. The van der Waals surface area contributed by atoms with Crippen molar-refractivity contribution in [1.82, 2.24) is 4.90 Å². The van der Waals surface area contributed by atoms with Crippen LogP contribution in [0.15, 0.2) is 24.3 Å². The quantitative estimate of drug-likeness (QED) is 0.738. The van der Waals surface area contributed by atoms with E-state index in [0.717, 1.165) is 12.5 Å². The van der Waals surface area contributed by atoms with Crippen molar-refractivity contribution in [2.75, 3.05) is 13.6 Å². The topological polar surface area (TPSA) is 3.24 Å². The monoisotopic (exact) mass is 275 g/mol. The van der Waals surface area contributed by atoms with Crippen molar-refractivity contribution in [3.8, 4) is 0 Å². The van der Waals surface area contributed by atoms with Crippen molar-refractivity contribution in [1.29, 1.82) is 0 Å². The van der Waals surface area contributed by atoms with Gasteiger partial charge in [0.1, 0.15) is 0 Å². The van der Waals surface area contributed by atoms with Gasteiger partial charge in [-0.25, -0.2) is 0 Å². The van der Waals surface area contributed by atoms with E-state index in [1.807, 2.05) is 0 Å². The van der Waals surface area contributed by atoms with Crippen LogP contribution in [0.5, 0.6) is 0 Å². The minimum Gasteiger partial charge on any atom is -0.302 e. The highest BCUT2D eigenvalue weighted by Gasteiger charge is 2.18. The highest BCUT2D eigenvalue weighted by Crippen LogP contribution is 2.25. The lowest BCUT2D eigenvalue weighted by molar-refractivity contribution is 0.271. The average molecular weight is 276 g/mol. The second-order valence-corrected chi connectivity index (χ2v) is 12.4. The van der Waals surface area contributed by atoms with Crippen LogP contribution in [0.3, 0.4) is 0 Å². The molecule has 0 amide bonds. The summed E-state index contributed by atoms with van der Waals surface area (Å²) in [5.41, 5.74) is 1.46. The molecule has 1 saturated carbocycles. The summed E-state index contributed by atoms with van der Waals surface area (Å²) in [4.78, 5) is 2.50. The molecule has 0 aromatic heterocycles. The van der Waals surface area contributed by atoms with Crippen LogP contribution < -0.4 is 5.19 Å². The SMILES string of the molecule is CN(Cc1ccc([Si](C)(C)C)cc1)CC1CCCC1. The van der Waals surface area contributed by atoms with Gasteiger partial charge < -0.3 is 4.90 Å². The first kappa shape index (κ1) is 14.8. The third-order valence-corrected chi connectivity index (χ3v) is 6.38. The molecule has 0 atom stereocenters. The second kappa shape index (κ2) is 6.23. The van der Waals surface area contributed by atoms with Crippen LogP contribution in [-0.2, 0) is 6.54 Å². The summed E-state index contributed by atoms with van der Waals surface area (Å²) < 4.78 is 0. The Hall–Kier alpha value is -0.603. The average Bonchev–Trinajstić information content (AvgIpc) is 2.81. The number of rotatable bonds is 5. The molecule has 1 aliphatic rings. The van der Waals surface area contributed by atoms with Gasteiger partial charge in [0.05, 0.1) is 8.07 Å². The molecule has 1 nitrogen and oxygen atoms in total. The Bertz CT molecular complexity index is 385. The van der Waals surface area contributed by atoms with Crippen LogP contribution in [0.25, 0.3) is 0 Å². The molecule has 0 bridgehead atoms. The zero-order valence-corrected chi connectivity index (χ0v) is 14.1. The van der Waals surface area contributed by atoms with Gasteiger partial charge in [0, 0.05) is 13.1 Å². The summed E-state index contributed by atoms with van der Waals surface area (Å²) in [5, 5.41) is 1.56. The zero-order chi connectivity index (χ0) is 13.9. The fraction of sp³-hybridized carbons (Fsp3) is 0.647. The molecule has 0 heterocycles. The Kier molecular flexibility index (Phi) is 4.85. The summed E-state index contributed by atoms with van der Waals surface area (Å²) in [6.45, 7) is 9.61. The third-order valence-electron chi connectivity index (χ3n) is 4.32. The molecule has 1 aliphatic carbocycles. The van der Waals surface area contributed by atoms with E-state index in [4.69, 9.17) is 0 Å². The van der Waals surface area contributed by atoms with E-state index in [9.17, 15) is 0 Å². The molecule has 106 valence electrons. The van der Waals surface area contributed by atoms with Crippen molar-refractivity contribution in [2.45, 2.75) is 51.9 Å². The molecule has 1 aromatic rings. The van der Waals surface area contributed by atoms with Gasteiger partial charge in [0.25, 0.3) is 0 Å². The molecule has 0 aliphatic heterocycles. The predicted octanol–water partition coefficient (Wildman–Crippen LogP) is 3.85. The van der Waals surface area contributed by atoms with Crippen LogP contribution in [0, 0.1) is 5.92 Å². The highest BCUT2D eigenvalue weighted by atomic mass is 28.3. The summed E-state index contributed by atoms with van der Waals surface area (Å²) in [6, 6.07) is 9.37. The normalized spacial score (nSPS) is 17.3. The molecule has 2 heteroatoms. The smallest absolute Gasteiger partial charge is 0.0775 e. The second-order valence-electron chi connectivity index (χ2n) is 7.29. The van der Waals surface area contributed by atoms with E-state index in [-0.39, 0.29) is 0 Å². The van der Waals surface area contributed by atoms with Crippen LogP contribution in [0.1, 0.15) is 31.2 Å². The molecule has 0 radical (unpaired) electrons. The van der Waals surface area contributed by atoms with Crippen LogP contribution in [0.4, 0.5) is 0 Å². The van der Waals surface area contributed by atoms with Gasteiger partial charge in [0.15, 0.2) is 0 Å². The van der Waals surface area contributed by atoms with Crippen LogP contribution >= 0.6 is 0 Å². The molecule has 2 rings (SSSR count). The Morgan fingerprint density at radius 2 is 1.63 bits per heavy atom. The van der Waals surface area contributed by atoms with Crippen molar-refractivity contribution >= 4 is 13.3 Å². The molecular formula is C17H29NSi. The lowest BCUT2D eigenvalue weighted by atomic mass is 10.1. The summed E-state index contributed by atoms with van der Waals surface area (Å²) >= 11 is 0. The lowest BCUT2D eigenvalue weighted by Crippen LogP contribution is -2.37. The number of nitrogens with zero attached hydrogens (tertiary/aromatic N) is 1. The first-order chi connectivity index (χ1) is 8.95. The highest BCUT2D eigenvalue weighted by molar-refractivity contribution is 6.88. The maximum Gasteiger partial charge on any atom is 0.0775 e. The summed E-state index contributed by atoms with van der Waals surface area (Å²) in [5.74, 6) is 0.950. The predicted molar refractivity (Wildman–Crippen MR) is 87.7 cm³/mol. The van der Waals surface area contributed by atoms with E-state index in [2.05, 4.69) is 55.9 Å². The van der Waals surface area contributed by atoms with E-state index < -0.39 is 8.07 Å². The van der Waals surface area contributed by atoms with Gasteiger partial charge in [-0.2, -0.15) is 0 Å². The van der Waals surface area contributed by atoms with Gasteiger partial charge in [-0.1, -0.05) is 61.9 Å². The molecule has 0 N–H and O–H groups in total. The Labute approximate surface area is 120 Å². The Balaban J connectivity index is 1.88. The first-order valence-corrected chi connectivity index (χ1v) is 11.2. The van der Waals surface area contributed by atoms with Gasteiger partial charge in [0.2, 0.25) is 0 Å². The van der Waals surface area contributed by atoms with Gasteiger partial charge >= 0.3 is 0 Å². The fourth-order valence-electron chi connectivity index (χ4n) is 3.12. The van der Waals surface area contributed by atoms with Crippen LogP contribution in [-0.4, -0.2) is 26.6 Å². The molecular weight excluding hydrogens is 246 g/mol. The maximum atomic E-state index is 2.50. The molecule has 19 heavy (non-hydrogen) atoms. The zero-order valence-electron chi connectivity index (χ0n) is 13.1. The standard InChI is InChI=1S/C17H29NSi/c1-18(13-15-7-5-6-8-15)14-16-9-11-17(12-10-16)19(2,3)4/h9-12,15H,5-8,13-14H2,1-4H3. The molecule has 1 aromatic carbocycles. The van der Waals surface area contributed by atoms with E-state index in [0.29, 0.717) is 0 Å². The van der Waals surface area contributed by atoms with Gasteiger partial charge in [-0.3, -0.25) is 0 Å². The number of hydrogen-bond donors (Lipinski definition) is 0. The third kappa shape index (κ3) is 4.46. The fourth-order valence-corrected chi connectivity index (χ4v) is 4.29. The number of benzene rings is 1.